The molecule has 4 rings (SSSR count). The number of piperidine rings is 1. The molecule has 20 heavy (non-hydrogen) atoms. The molecular weight excluding hydrogens is 242 g/mol. The van der Waals surface area contributed by atoms with Crippen LogP contribution in [0, 0.1) is 0 Å². The first-order chi connectivity index (χ1) is 9.93. The average Bonchev–Trinajstić information content (AvgIpc) is 2.55. The number of fused-ring (bicyclic) bond motifs is 3. The molecule has 2 aliphatic heterocycles. The largest absolute Gasteiger partial charge is 0.370 e. The van der Waals surface area contributed by atoms with Crippen LogP contribution in [0.2, 0.25) is 0 Å². The van der Waals surface area contributed by atoms with Crippen LogP contribution in [0.4, 0.5) is 0 Å². The van der Waals surface area contributed by atoms with Crippen LogP contribution in [0.3, 0.4) is 0 Å². The molecule has 0 bridgehead atoms. The van der Waals surface area contributed by atoms with Gasteiger partial charge in [-0.25, -0.2) is 0 Å². The standard InChI is InChI=1S/C19H19N/c1-2-8-15(9-3-1)18-14-20-13-7-6-12-19(20)17-11-5-4-10-16(17)18/h1-5,8-11,14,19H,6-7,12-13H2/t19-/m1/s1. The summed E-state index contributed by atoms with van der Waals surface area (Å²) in [6, 6.07) is 20.3. The van der Waals surface area contributed by atoms with E-state index >= 15 is 0 Å². The summed E-state index contributed by atoms with van der Waals surface area (Å²) in [7, 11) is 0. The second-order valence-corrected chi connectivity index (χ2v) is 5.75. The number of hydrogen-bond acceptors (Lipinski definition) is 1. The Morgan fingerprint density at radius 1 is 0.850 bits per heavy atom. The quantitative estimate of drug-likeness (QED) is 0.724. The van der Waals surface area contributed by atoms with E-state index in [2.05, 4.69) is 65.7 Å². The van der Waals surface area contributed by atoms with E-state index in [0.717, 1.165) is 0 Å². The van der Waals surface area contributed by atoms with E-state index in [1.54, 1.807) is 0 Å². The molecule has 1 saturated heterocycles. The van der Waals surface area contributed by atoms with Crippen LogP contribution in [-0.2, 0) is 0 Å². The lowest BCUT2D eigenvalue weighted by molar-refractivity contribution is 0.213. The minimum absolute atomic E-state index is 0.590. The lowest BCUT2D eigenvalue weighted by atomic mass is 9.84. The second kappa shape index (κ2) is 4.82. The zero-order valence-corrected chi connectivity index (χ0v) is 11.6. The second-order valence-electron chi connectivity index (χ2n) is 5.75. The third-order valence-corrected chi connectivity index (χ3v) is 4.53. The van der Waals surface area contributed by atoms with E-state index in [-0.39, 0.29) is 0 Å². The maximum absolute atomic E-state index is 2.55. The van der Waals surface area contributed by atoms with Crippen LogP contribution in [0.15, 0.2) is 60.8 Å². The number of benzene rings is 2. The van der Waals surface area contributed by atoms with Crippen molar-refractivity contribution in [3.63, 3.8) is 0 Å². The Labute approximate surface area is 120 Å². The fourth-order valence-corrected chi connectivity index (χ4v) is 3.56. The summed E-state index contributed by atoms with van der Waals surface area (Å²) in [6.45, 7) is 1.19. The molecule has 0 radical (unpaired) electrons. The van der Waals surface area contributed by atoms with Gasteiger partial charge in [0.25, 0.3) is 0 Å². The van der Waals surface area contributed by atoms with Crippen molar-refractivity contribution in [3.05, 3.63) is 77.5 Å². The summed E-state index contributed by atoms with van der Waals surface area (Å²) in [5, 5.41) is 0. The predicted octanol–water partition coefficient (Wildman–Crippen LogP) is 4.62. The third kappa shape index (κ3) is 1.85. The van der Waals surface area contributed by atoms with Crippen LogP contribution in [-0.4, -0.2) is 11.4 Å². The third-order valence-electron chi connectivity index (χ3n) is 4.53. The van der Waals surface area contributed by atoms with Gasteiger partial charge in [-0.05, 0) is 36.0 Å². The molecule has 1 heteroatoms. The molecule has 0 amide bonds. The minimum atomic E-state index is 0.590. The van der Waals surface area contributed by atoms with E-state index < -0.39 is 0 Å². The monoisotopic (exact) mass is 261 g/mol. The number of nitrogens with zero attached hydrogens (tertiary/aromatic N) is 1. The Morgan fingerprint density at radius 2 is 1.65 bits per heavy atom. The van der Waals surface area contributed by atoms with Gasteiger partial charge in [0, 0.05) is 18.3 Å². The van der Waals surface area contributed by atoms with Crippen LogP contribution < -0.4 is 0 Å². The highest BCUT2D eigenvalue weighted by Crippen LogP contribution is 2.41. The summed E-state index contributed by atoms with van der Waals surface area (Å²) in [5.41, 5.74) is 5.62. The Bertz CT molecular complexity index is 642. The van der Waals surface area contributed by atoms with Gasteiger partial charge in [0.05, 0.1) is 6.04 Å². The Hall–Kier alpha value is -2.02. The highest BCUT2D eigenvalue weighted by Gasteiger charge is 2.29. The molecular formula is C19H19N. The maximum Gasteiger partial charge on any atom is 0.0543 e. The van der Waals surface area contributed by atoms with Crippen molar-refractivity contribution in [2.75, 3.05) is 6.54 Å². The number of rotatable bonds is 1. The first-order valence-electron chi connectivity index (χ1n) is 7.56. The summed E-state index contributed by atoms with van der Waals surface area (Å²) in [6.07, 6.45) is 6.35. The highest BCUT2D eigenvalue weighted by molar-refractivity contribution is 5.82. The fourth-order valence-electron chi connectivity index (χ4n) is 3.56. The van der Waals surface area contributed by atoms with E-state index in [1.165, 1.54) is 48.1 Å². The molecule has 100 valence electrons. The zero-order valence-electron chi connectivity index (χ0n) is 11.6. The van der Waals surface area contributed by atoms with Gasteiger partial charge in [-0.1, -0.05) is 54.6 Å². The Balaban J connectivity index is 1.88. The van der Waals surface area contributed by atoms with Gasteiger partial charge in [0.1, 0.15) is 0 Å². The molecule has 0 spiro atoms. The summed E-state index contributed by atoms with van der Waals surface area (Å²) in [4.78, 5) is 2.55. The lowest BCUT2D eigenvalue weighted by Crippen LogP contribution is -2.32. The molecule has 0 saturated carbocycles. The molecule has 0 unspecified atom stereocenters. The average molecular weight is 261 g/mol. The number of hydrogen-bond donors (Lipinski definition) is 0. The smallest absolute Gasteiger partial charge is 0.0543 e. The van der Waals surface area contributed by atoms with Gasteiger partial charge in [-0.15, -0.1) is 0 Å². The molecule has 1 nitrogen and oxygen atoms in total. The molecule has 2 aromatic rings. The molecule has 2 heterocycles. The van der Waals surface area contributed by atoms with Crippen LogP contribution in [0.5, 0.6) is 0 Å². The van der Waals surface area contributed by atoms with Crippen molar-refractivity contribution in [2.24, 2.45) is 0 Å². The molecule has 0 aromatic heterocycles. The van der Waals surface area contributed by atoms with E-state index in [4.69, 9.17) is 0 Å². The highest BCUT2D eigenvalue weighted by atomic mass is 15.2. The Morgan fingerprint density at radius 3 is 2.55 bits per heavy atom. The predicted molar refractivity (Wildman–Crippen MR) is 83.3 cm³/mol. The first kappa shape index (κ1) is 11.8. The molecule has 0 aliphatic carbocycles. The van der Waals surface area contributed by atoms with E-state index in [1.807, 2.05) is 0 Å². The maximum atomic E-state index is 2.55. The summed E-state index contributed by atoms with van der Waals surface area (Å²) >= 11 is 0. The van der Waals surface area contributed by atoms with Gasteiger partial charge >= 0.3 is 0 Å². The van der Waals surface area contributed by atoms with Crippen LogP contribution in [0.1, 0.15) is 42.0 Å². The molecule has 2 aromatic carbocycles. The van der Waals surface area contributed by atoms with Gasteiger partial charge in [0.15, 0.2) is 0 Å². The Kier molecular flexibility index (Phi) is 2.84. The van der Waals surface area contributed by atoms with Crippen LogP contribution in [0.25, 0.3) is 5.57 Å². The summed E-state index contributed by atoms with van der Waals surface area (Å²) < 4.78 is 0. The van der Waals surface area contributed by atoms with E-state index in [0.29, 0.717) is 6.04 Å². The zero-order chi connectivity index (χ0) is 13.4. The van der Waals surface area contributed by atoms with Gasteiger partial charge in [-0.2, -0.15) is 0 Å². The van der Waals surface area contributed by atoms with E-state index in [9.17, 15) is 0 Å². The van der Waals surface area contributed by atoms with Gasteiger partial charge < -0.3 is 4.90 Å². The summed E-state index contributed by atoms with van der Waals surface area (Å²) in [5.74, 6) is 0. The SMILES string of the molecule is C1=C(c2ccccc2)c2ccccc2[C@H]2CCCCN12. The van der Waals surface area contributed by atoms with Gasteiger partial charge in [-0.3, -0.25) is 0 Å². The molecule has 0 N–H and O–H groups in total. The fraction of sp³-hybridized carbons (Fsp3) is 0.263. The van der Waals surface area contributed by atoms with Crippen molar-refractivity contribution in [3.8, 4) is 0 Å². The van der Waals surface area contributed by atoms with Gasteiger partial charge in [0.2, 0.25) is 0 Å². The van der Waals surface area contributed by atoms with Crippen molar-refractivity contribution in [1.29, 1.82) is 0 Å². The topological polar surface area (TPSA) is 3.24 Å². The molecule has 2 aliphatic rings. The molecule has 1 fully saturated rings. The van der Waals surface area contributed by atoms with Crippen molar-refractivity contribution in [2.45, 2.75) is 25.3 Å². The minimum Gasteiger partial charge on any atom is -0.370 e. The van der Waals surface area contributed by atoms with Crippen molar-refractivity contribution < 1.29 is 0 Å². The molecule has 1 atom stereocenters. The normalized spacial score (nSPS) is 20.9. The van der Waals surface area contributed by atoms with Crippen molar-refractivity contribution >= 4 is 5.57 Å². The van der Waals surface area contributed by atoms with Crippen LogP contribution >= 0.6 is 0 Å². The first-order valence-corrected chi connectivity index (χ1v) is 7.56. The van der Waals surface area contributed by atoms with Crippen molar-refractivity contribution in [1.82, 2.24) is 4.90 Å². The lowest BCUT2D eigenvalue weighted by Gasteiger charge is -2.40.